The van der Waals surface area contributed by atoms with Crippen LogP contribution in [0.15, 0.2) is 16.9 Å². The molecule has 2 heteroatoms. The summed E-state index contributed by atoms with van der Waals surface area (Å²) >= 11 is 0. The average molecular weight is 126 g/mol. The topological polar surface area (TPSA) is 24.4 Å². The standard InChI is InChI=1S/C7H14N2/c1-6(2)9-7(3)5-8-4/h5-6,9H,4H2,1-3H3/b7-5-. The van der Waals surface area contributed by atoms with Gasteiger partial charge in [0, 0.05) is 17.9 Å². The molecule has 0 fully saturated rings. The van der Waals surface area contributed by atoms with Gasteiger partial charge in [-0.15, -0.1) is 0 Å². The molecule has 0 spiro atoms. The van der Waals surface area contributed by atoms with Crippen LogP contribution < -0.4 is 5.32 Å². The molecule has 0 aliphatic carbocycles. The summed E-state index contributed by atoms with van der Waals surface area (Å²) in [5.41, 5.74) is 1.06. The van der Waals surface area contributed by atoms with Crippen LogP contribution in [-0.2, 0) is 0 Å². The van der Waals surface area contributed by atoms with Crippen molar-refractivity contribution in [1.29, 1.82) is 0 Å². The minimum atomic E-state index is 0.475. The molecule has 0 aliphatic heterocycles. The molecule has 0 aromatic heterocycles. The van der Waals surface area contributed by atoms with E-state index in [0.29, 0.717) is 6.04 Å². The Labute approximate surface area is 56.7 Å². The van der Waals surface area contributed by atoms with E-state index in [1.54, 1.807) is 6.20 Å². The Morgan fingerprint density at radius 2 is 2.22 bits per heavy atom. The zero-order chi connectivity index (χ0) is 7.28. The molecular weight excluding hydrogens is 112 g/mol. The number of allylic oxidation sites excluding steroid dienone is 1. The van der Waals surface area contributed by atoms with E-state index in [2.05, 4.69) is 30.9 Å². The summed E-state index contributed by atoms with van der Waals surface area (Å²) in [7, 11) is 0. The first kappa shape index (κ1) is 8.21. The fraction of sp³-hybridized carbons (Fsp3) is 0.571. The van der Waals surface area contributed by atoms with Gasteiger partial charge in [-0.2, -0.15) is 0 Å². The molecule has 9 heavy (non-hydrogen) atoms. The highest BCUT2D eigenvalue weighted by Gasteiger charge is 1.89. The molecule has 0 unspecified atom stereocenters. The zero-order valence-electron chi connectivity index (χ0n) is 6.31. The summed E-state index contributed by atoms with van der Waals surface area (Å²) in [4.78, 5) is 3.61. The second-order valence-corrected chi connectivity index (χ2v) is 2.29. The van der Waals surface area contributed by atoms with Gasteiger partial charge in [-0.3, -0.25) is 4.99 Å². The third-order valence-corrected chi connectivity index (χ3v) is 0.801. The van der Waals surface area contributed by atoms with Gasteiger partial charge in [0.25, 0.3) is 0 Å². The first-order chi connectivity index (χ1) is 4.16. The highest BCUT2D eigenvalue weighted by molar-refractivity contribution is 5.26. The lowest BCUT2D eigenvalue weighted by molar-refractivity contribution is 0.668. The van der Waals surface area contributed by atoms with E-state index in [0.717, 1.165) is 5.70 Å². The van der Waals surface area contributed by atoms with Gasteiger partial charge in [0.1, 0.15) is 0 Å². The van der Waals surface area contributed by atoms with Crippen LogP contribution >= 0.6 is 0 Å². The lowest BCUT2D eigenvalue weighted by Gasteiger charge is -2.07. The Kier molecular flexibility index (Phi) is 3.76. The van der Waals surface area contributed by atoms with Gasteiger partial charge < -0.3 is 5.32 Å². The van der Waals surface area contributed by atoms with E-state index in [1.165, 1.54) is 0 Å². The largest absolute Gasteiger partial charge is 0.385 e. The van der Waals surface area contributed by atoms with Gasteiger partial charge in [-0.1, -0.05) is 0 Å². The second-order valence-electron chi connectivity index (χ2n) is 2.29. The molecule has 0 radical (unpaired) electrons. The summed E-state index contributed by atoms with van der Waals surface area (Å²) < 4.78 is 0. The van der Waals surface area contributed by atoms with Crippen LogP contribution in [0.1, 0.15) is 20.8 Å². The Morgan fingerprint density at radius 1 is 1.67 bits per heavy atom. The number of hydrogen-bond donors (Lipinski definition) is 1. The van der Waals surface area contributed by atoms with Gasteiger partial charge >= 0.3 is 0 Å². The van der Waals surface area contributed by atoms with Crippen molar-refractivity contribution < 1.29 is 0 Å². The molecule has 0 amide bonds. The summed E-state index contributed by atoms with van der Waals surface area (Å²) in [5.74, 6) is 0. The van der Waals surface area contributed by atoms with Gasteiger partial charge in [-0.25, -0.2) is 0 Å². The van der Waals surface area contributed by atoms with E-state index in [9.17, 15) is 0 Å². The van der Waals surface area contributed by atoms with Gasteiger partial charge in [0.15, 0.2) is 0 Å². The highest BCUT2D eigenvalue weighted by atomic mass is 14.9. The molecule has 1 N–H and O–H groups in total. The third-order valence-electron chi connectivity index (χ3n) is 0.801. The smallest absolute Gasteiger partial charge is 0.0447 e. The fourth-order valence-electron chi connectivity index (χ4n) is 0.630. The van der Waals surface area contributed by atoms with E-state index < -0.39 is 0 Å². The Balaban J connectivity index is 3.61. The minimum Gasteiger partial charge on any atom is -0.385 e. The fourth-order valence-corrected chi connectivity index (χ4v) is 0.630. The molecule has 2 nitrogen and oxygen atoms in total. The SMILES string of the molecule is C=N/C=C(/C)NC(C)C. The molecule has 0 bridgehead atoms. The van der Waals surface area contributed by atoms with Crippen molar-refractivity contribution in [2.45, 2.75) is 26.8 Å². The van der Waals surface area contributed by atoms with Crippen molar-refractivity contribution in [1.82, 2.24) is 5.32 Å². The number of rotatable bonds is 3. The van der Waals surface area contributed by atoms with Crippen LogP contribution in [-0.4, -0.2) is 12.8 Å². The van der Waals surface area contributed by atoms with Crippen molar-refractivity contribution in [3.63, 3.8) is 0 Å². The van der Waals surface area contributed by atoms with E-state index in [1.807, 2.05) is 6.92 Å². The summed E-state index contributed by atoms with van der Waals surface area (Å²) in [6.07, 6.45) is 1.71. The summed E-state index contributed by atoms with van der Waals surface area (Å²) in [5, 5.41) is 3.17. The third kappa shape index (κ3) is 5.07. The molecule has 0 heterocycles. The number of hydrogen-bond acceptors (Lipinski definition) is 2. The van der Waals surface area contributed by atoms with Crippen molar-refractivity contribution >= 4 is 6.72 Å². The van der Waals surface area contributed by atoms with Crippen molar-refractivity contribution in [3.05, 3.63) is 11.9 Å². The quantitative estimate of drug-likeness (QED) is 0.570. The van der Waals surface area contributed by atoms with E-state index >= 15 is 0 Å². The maximum Gasteiger partial charge on any atom is 0.0447 e. The van der Waals surface area contributed by atoms with Gasteiger partial charge in [0.05, 0.1) is 0 Å². The first-order valence-corrected chi connectivity index (χ1v) is 3.06. The predicted molar refractivity (Wildman–Crippen MR) is 41.6 cm³/mol. The number of aliphatic imine (C=N–C) groups is 1. The summed E-state index contributed by atoms with van der Waals surface area (Å²) in [6, 6.07) is 0.475. The lowest BCUT2D eigenvalue weighted by atomic mass is 10.4. The molecular formula is C7H14N2. The highest BCUT2D eigenvalue weighted by Crippen LogP contribution is 1.88. The zero-order valence-corrected chi connectivity index (χ0v) is 6.31. The monoisotopic (exact) mass is 126 g/mol. The Hall–Kier alpha value is -0.790. The number of nitrogens with one attached hydrogen (secondary N) is 1. The summed E-state index contributed by atoms with van der Waals surface area (Å²) in [6.45, 7) is 9.48. The lowest BCUT2D eigenvalue weighted by Crippen LogP contribution is -2.19. The second kappa shape index (κ2) is 4.13. The van der Waals surface area contributed by atoms with E-state index in [-0.39, 0.29) is 0 Å². The molecule has 0 aromatic carbocycles. The molecule has 0 saturated heterocycles. The maximum absolute atomic E-state index is 3.61. The van der Waals surface area contributed by atoms with E-state index in [4.69, 9.17) is 0 Å². The van der Waals surface area contributed by atoms with Gasteiger partial charge in [0.2, 0.25) is 0 Å². The molecule has 52 valence electrons. The Bertz CT molecular complexity index is 114. The predicted octanol–water partition coefficient (Wildman–Crippen LogP) is 1.55. The normalized spacial score (nSPS) is 11.8. The van der Waals surface area contributed by atoms with Crippen LogP contribution in [0.5, 0.6) is 0 Å². The maximum atomic E-state index is 3.61. The average Bonchev–Trinajstić information content (AvgIpc) is 1.63. The van der Waals surface area contributed by atoms with Crippen LogP contribution in [0.25, 0.3) is 0 Å². The molecule has 0 atom stereocenters. The Morgan fingerprint density at radius 3 is 2.56 bits per heavy atom. The number of nitrogens with zero attached hydrogens (tertiary/aromatic N) is 1. The minimum absolute atomic E-state index is 0.475. The van der Waals surface area contributed by atoms with Crippen molar-refractivity contribution in [2.24, 2.45) is 4.99 Å². The van der Waals surface area contributed by atoms with Crippen LogP contribution in [0.2, 0.25) is 0 Å². The molecule has 0 aromatic rings. The van der Waals surface area contributed by atoms with Gasteiger partial charge in [-0.05, 0) is 27.5 Å². The van der Waals surface area contributed by atoms with Crippen LogP contribution in [0.3, 0.4) is 0 Å². The molecule has 0 rings (SSSR count). The van der Waals surface area contributed by atoms with Crippen LogP contribution in [0.4, 0.5) is 0 Å². The van der Waals surface area contributed by atoms with Crippen molar-refractivity contribution in [2.75, 3.05) is 0 Å². The molecule has 0 aliphatic rings. The molecule has 0 saturated carbocycles. The van der Waals surface area contributed by atoms with Crippen LogP contribution in [0, 0.1) is 0 Å². The first-order valence-electron chi connectivity index (χ1n) is 3.06. The van der Waals surface area contributed by atoms with Crippen molar-refractivity contribution in [3.8, 4) is 0 Å².